The summed E-state index contributed by atoms with van der Waals surface area (Å²) in [5.41, 5.74) is 1.30. The first-order chi connectivity index (χ1) is 5.83. The molecule has 0 saturated carbocycles. The van der Waals surface area contributed by atoms with Crippen LogP contribution in [0.2, 0.25) is 0 Å². The molecule has 1 rings (SSSR count). The van der Waals surface area contributed by atoms with Gasteiger partial charge in [0.2, 0.25) is 0 Å². The average molecular weight is 247 g/mol. The molecule has 66 valence electrons. The smallest absolute Gasteiger partial charge is 0.0521 e. The molecule has 0 saturated heterocycles. The summed E-state index contributed by atoms with van der Waals surface area (Å²) in [5.74, 6) is 1.80. The number of aliphatic hydroxyl groups is 1. The summed E-state index contributed by atoms with van der Waals surface area (Å²) in [4.78, 5) is 0. The molecule has 0 aromatic heterocycles. The van der Waals surface area contributed by atoms with Gasteiger partial charge in [0.15, 0.2) is 0 Å². The van der Waals surface area contributed by atoms with Crippen LogP contribution in [0.25, 0.3) is 0 Å². The van der Waals surface area contributed by atoms with Gasteiger partial charge < -0.3 is 5.11 Å². The fourth-order valence-electron chi connectivity index (χ4n) is 0.835. The van der Waals surface area contributed by atoms with Crippen LogP contribution in [0.3, 0.4) is 0 Å². The predicted octanol–water partition coefficient (Wildman–Crippen LogP) is 2.67. The summed E-state index contributed by atoms with van der Waals surface area (Å²) in [6.07, 6.45) is 0. The normalized spacial score (nSPS) is 10.2. The van der Waals surface area contributed by atoms with Crippen LogP contribution in [0.1, 0.15) is 5.56 Å². The minimum Gasteiger partial charge on any atom is -0.396 e. The maximum atomic E-state index is 8.56. The van der Waals surface area contributed by atoms with E-state index in [1.165, 1.54) is 5.56 Å². The Morgan fingerprint density at radius 1 is 1.25 bits per heavy atom. The Bertz CT molecular complexity index is 222. The summed E-state index contributed by atoms with van der Waals surface area (Å²) < 4.78 is 1.11. The predicted molar refractivity (Wildman–Crippen MR) is 57.4 cm³/mol. The van der Waals surface area contributed by atoms with Crippen LogP contribution in [-0.2, 0) is 5.75 Å². The van der Waals surface area contributed by atoms with E-state index >= 15 is 0 Å². The molecule has 1 aromatic carbocycles. The summed E-state index contributed by atoms with van der Waals surface area (Å²) in [7, 11) is 0. The molecule has 0 spiro atoms. The molecule has 0 atom stereocenters. The third-order valence-electron chi connectivity index (χ3n) is 1.42. The largest absolute Gasteiger partial charge is 0.396 e. The Labute approximate surface area is 85.3 Å². The molecule has 0 heterocycles. The summed E-state index contributed by atoms with van der Waals surface area (Å²) in [5, 5.41) is 8.56. The van der Waals surface area contributed by atoms with E-state index in [-0.39, 0.29) is 6.61 Å². The van der Waals surface area contributed by atoms with Crippen molar-refractivity contribution < 1.29 is 5.11 Å². The van der Waals surface area contributed by atoms with Crippen LogP contribution in [0, 0.1) is 0 Å². The fourth-order valence-corrected chi connectivity index (χ4v) is 1.80. The van der Waals surface area contributed by atoms with E-state index in [0.717, 1.165) is 16.0 Å². The van der Waals surface area contributed by atoms with Gasteiger partial charge in [-0.15, -0.1) is 0 Å². The number of benzene rings is 1. The van der Waals surface area contributed by atoms with Crippen molar-refractivity contribution in [2.45, 2.75) is 5.75 Å². The third-order valence-corrected chi connectivity index (χ3v) is 2.95. The number of hydrogen-bond acceptors (Lipinski definition) is 2. The molecule has 0 fully saturated rings. The van der Waals surface area contributed by atoms with Crippen molar-refractivity contribution in [1.29, 1.82) is 0 Å². The molecule has 3 heteroatoms. The van der Waals surface area contributed by atoms with Gasteiger partial charge in [-0.1, -0.05) is 28.1 Å². The molecule has 0 bridgehead atoms. The van der Waals surface area contributed by atoms with Crippen LogP contribution in [0.4, 0.5) is 0 Å². The van der Waals surface area contributed by atoms with E-state index in [1.54, 1.807) is 11.8 Å². The highest BCUT2D eigenvalue weighted by Crippen LogP contribution is 2.15. The highest BCUT2D eigenvalue weighted by Gasteiger charge is 1.92. The first-order valence-electron chi connectivity index (χ1n) is 3.76. The van der Waals surface area contributed by atoms with Crippen molar-refractivity contribution in [2.75, 3.05) is 12.4 Å². The van der Waals surface area contributed by atoms with E-state index in [1.807, 2.05) is 12.1 Å². The molecule has 1 N–H and O–H groups in total. The topological polar surface area (TPSA) is 20.2 Å². The lowest BCUT2D eigenvalue weighted by atomic mass is 10.2. The van der Waals surface area contributed by atoms with Crippen LogP contribution >= 0.6 is 27.7 Å². The fraction of sp³-hybridized carbons (Fsp3) is 0.333. The van der Waals surface area contributed by atoms with Gasteiger partial charge in [-0.3, -0.25) is 0 Å². The van der Waals surface area contributed by atoms with E-state index in [4.69, 9.17) is 5.11 Å². The van der Waals surface area contributed by atoms with Crippen molar-refractivity contribution >= 4 is 27.7 Å². The second kappa shape index (κ2) is 5.62. The molecule has 0 aliphatic heterocycles. The van der Waals surface area contributed by atoms with Crippen molar-refractivity contribution in [3.8, 4) is 0 Å². The quantitative estimate of drug-likeness (QED) is 0.825. The zero-order chi connectivity index (χ0) is 8.81. The highest BCUT2D eigenvalue weighted by atomic mass is 79.9. The molecule has 0 radical (unpaired) electrons. The minimum atomic E-state index is 0.265. The van der Waals surface area contributed by atoms with E-state index in [9.17, 15) is 0 Å². The number of aliphatic hydroxyl groups excluding tert-OH is 1. The number of thioether (sulfide) groups is 1. The maximum Gasteiger partial charge on any atom is 0.0521 e. The molecule has 0 aliphatic rings. The second-order valence-electron chi connectivity index (χ2n) is 2.40. The monoisotopic (exact) mass is 246 g/mol. The van der Waals surface area contributed by atoms with Crippen molar-refractivity contribution in [1.82, 2.24) is 0 Å². The lowest BCUT2D eigenvalue weighted by Crippen LogP contribution is -1.87. The number of halogens is 1. The highest BCUT2D eigenvalue weighted by molar-refractivity contribution is 9.10. The first-order valence-corrected chi connectivity index (χ1v) is 5.71. The molecule has 0 amide bonds. The van der Waals surface area contributed by atoms with Crippen molar-refractivity contribution in [2.24, 2.45) is 0 Å². The first kappa shape index (κ1) is 10.1. The van der Waals surface area contributed by atoms with Gasteiger partial charge in [0.1, 0.15) is 0 Å². The van der Waals surface area contributed by atoms with Gasteiger partial charge in [0.25, 0.3) is 0 Å². The number of hydrogen-bond donors (Lipinski definition) is 1. The zero-order valence-corrected chi connectivity index (χ0v) is 9.07. The summed E-state index contributed by atoms with van der Waals surface area (Å²) >= 11 is 5.13. The van der Waals surface area contributed by atoms with Gasteiger partial charge in [0.05, 0.1) is 6.61 Å². The zero-order valence-electron chi connectivity index (χ0n) is 6.66. The SMILES string of the molecule is OCCSCc1ccc(Br)cc1. The standard InChI is InChI=1S/C9H11BrOS/c10-9-3-1-8(2-4-9)7-12-6-5-11/h1-4,11H,5-7H2. The summed E-state index contributed by atoms with van der Waals surface area (Å²) in [6, 6.07) is 8.26. The van der Waals surface area contributed by atoms with Gasteiger partial charge >= 0.3 is 0 Å². The Kier molecular flexibility index (Phi) is 4.73. The van der Waals surface area contributed by atoms with Crippen LogP contribution in [0.5, 0.6) is 0 Å². The average Bonchev–Trinajstić information content (AvgIpc) is 2.09. The van der Waals surface area contributed by atoms with Crippen molar-refractivity contribution in [3.05, 3.63) is 34.3 Å². The molecular weight excluding hydrogens is 236 g/mol. The molecule has 1 nitrogen and oxygen atoms in total. The van der Waals surface area contributed by atoms with Gasteiger partial charge in [0, 0.05) is 16.0 Å². The Morgan fingerprint density at radius 2 is 1.92 bits per heavy atom. The maximum absolute atomic E-state index is 8.56. The molecule has 0 aliphatic carbocycles. The molecule has 0 unspecified atom stereocenters. The Hall–Kier alpha value is 0.01000. The summed E-state index contributed by atoms with van der Waals surface area (Å²) in [6.45, 7) is 0.265. The van der Waals surface area contributed by atoms with Gasteiger partial charge in [-0.25, -0.2) is 0 Å². The molecule has 12 heavy (non-hydrogen) atoms. The van der Waals surface area contributed by atoms with E-state index in [2.05, 4.69) is 28.1 Å². The number of rotatable bonds is 4. The van der Waals surface area contributed by atoms with Crippen LogP contribution < -0.4 is 0 Å². The molecular formula is C9H11BrOS. The van der Waals surface area contributed by atoms with E-state index < -0.39 is 0 Å². The Morgan fingerprint density at radius 3 is 2.50 bits per heavy atom. The lowest BCUT2D eigenvalue weighted by Gasteiger charge is -1.99. The third kappa shape index (κ3) is 3.61. The Balaban J connectivity index is 2.37. The minimum absolute atomic E-state index is 0.265. The van der Waals surface area contributed by atoms with Crippen LogP contribution in [0.15, 0.2) is 28.7 Å². The lowest BCUT2D eigenvalue weighted by molar-refractivity contribution is 0.322. The van der Waals surface area contributed by atoms with Gasteiger partial charge in [-0.2, -0.15) is 11.8 Å². The van der Waals surface area contributed by atoms with E-state index in [0.29, 0.717) is 0 Å². The molecule has 1 aromatic rings. The van der Waals surface area contributed by atoms with Gasteiger partial charge in [-0.05, 0) is 17.7 Å². The second-order valence-corrected chi connectivity index (χ2v) is 4.42. The van der Waals surface area contributed by atoms with Crippen molar-refractivity contribution in [3.63, 3.8) is 0 Å². The van der Waals surface area contributed by atoms with Crippen LogP contribution in [-0.4, -0.2) is 17.5 Å².